The first kappa shape index (κ1) is 8.99. The summed E-state index contributed by atoms with van der Waals surface area (Å²) >= 11 is 6.63. The molecule has 0 aliphatic heterocycles. The van der Waals surface area contributed by atoms with E-state index in [9.17, 15) is 0 Å². The van der Waals surface area contributed by atoms with Gasteiger partial charge in [-0.25, -0.2) is 0 Å². The molecule has 0 radical (unpaired) electrons. The van der Waals surface area contributed by atoms with Crippen LogP contribution in [0, 0.1) is 3.57 Å². The van der Waals surface area contributed by atoms with E-state index in [-0.39, 0.29) is 0 Å². The van der Waals surface area contributed by atoms with Crippen molar-refractivity contribution < 1.29 is 10.0 Å². The van der Waals surface area contributed by atoms with Crippen LogP contribution in [0.5, 0.6) is 0 Å². The van der Waals surface area contributed by atoms with Gasteiger partial charge in [0.1, 0.15) is 0 Å². The quantitative estimate of drug-likeness (QED) is 0.590. The van der Waals surface area contributed by atoms with Gasteiger partial charge in [-0.2, -0.15) is 0 Å². The molecule has 1 aromatic rings. The van der Waals surface area contributed by atoms with E-state index < -0.39 is 7.12 Å². The molecule has 0 bridgehead atoms. The first-order chi connectivity index (χ1) is 4.61. The molecule has 0 aliphatic carbocycles. The molecule has 54 valence electrons. The van der Waals surface area contributed by atoms with E-state index in [0.717, 1.165) is 7.36 Å². The van der Waals surface area contributed by atoms with Crippen LogP contribution in [0.3, 0.4) is 0 Å². The molecule has 0 saturated carbocycles. The van der Waals surface area contributed by atoms with Crippen LogP contribution in [-0.2, 0) is 0 Å². The lowest BCUT2D eigenvalue weighted by atomic mass is 9.90. The molecular formula is C4H3BBrIO2S. The van der Waals surface area contributed by atoms with E-state index in [0.29, 0.717) is 4.78 Å². The predicted molar refractivity (Wildman–Crippen MR) is 54.6 cm³/mol. The molecule has 2 N–H and O–H groups in total. The lowest BCUT2D eigenvalue weighted by Gasteiger charge is -1.91. The lowest BCUT2D eigenvalue weighted by Crippen LogP contribution is -2.28. The molecule has 0 spiro atoms. The van der Waals surface area contributed by atoms with Crippen molar-refractivity contribution in [3.63, 3.8) is 0 Å². The van der Waals surface area contributed by atoms with Crippen molar-refractivity contribution in [2.75, 3.05) is 0 Å². The van der Waals surface area contributed by atoms with Gasteiger partial charge in [0.05, 0.1) is 3.79 Å². The third-order valence-corrected chi connectivity index (χ3v) is 3.85. The van der Waals surface area contributed by atoms with Gasteiger partial charge >= 0.3 is 7.12 Å². The van der Waals surface area contributed by atoms with Gasteiger partial charge in [-0.1, -0.05) is 0 Å². The first-order valence-electron chi connectivity index (χ1n) is 2.42. The number of hydrogen-bond donors (Lipinski definition) is 2. The zero-order valence-corrected chi connectivity index (χ0v) is 9.27. The van der Waals surface area contributed by atoms with E-state index in [4.69, 9.17) is 10.0 Å². The van der Waals surface area contributed by atoms with E-state index in [1.54, 1.807) is 0 Å². The second kappa shape index (κ2) is 3.53. The maximum atomic E-state index is 8.76. The summed E-state index contributed by atoms with van der Waals surface area (Å²) in [5.41, 5.74) is 0. The lowest BCUT2D eigenvalue weighted by molar-refractivity contribution is 0.426. The molecule has 0 saturated heterocycles. The predicted octanol–water partition coefficient (Wildman–Crippen LogP) is 0.795. The summed E-state index contributed by atoms with van der Waals surface area (Å²) in [4.78, 5) is 0. The Morgan fingerprint density at radius 1 is 1.60 bits per heavy atom. The Hall–Kier alpha value is 0.895. The molecule has 10 heavy (non-hydrogen) atoms. The maximum absolute atomic E-state index is 8.76. The van der Waals surface area contributed by atoms with Crippen molar-refractivity contribution >= 4 is 61.8 Å². The second-order valence-electron chi connectivity index (χ2n) is 1.64. The minimum Gasteiger partial charge on any atom is -0.423 e. The van der Waals surface area contributed by atoms with Crippen LogP contribution >= 0.6 is 49.9 Å². The minimum absolute atomic E-state index is 0.590. The largest absolute Gasteiger partial charge is 0.500 e. The highest BCUT2D eigenvalue weighted by Crippen LogP contribution is 2.20. The summed E-state index contributed by atoms with van der Waals surface area (Å²) in [5, 5.41) is 17.5. The summed E-state index contributed by atoms with van der Waals surface area (Å²) < 4.78 is 2.39. The molecule has 0 aromatic carbocycles. The van der Waals surface area contributed by atoms with Crippen LogP contribution in [0.2, 0.25) is 0 Å². The average Bonchev–Trinajstić information content (AvgIpc) is 2.10. The fourth-order valence-corrected chi connectivity index (χ4v) is 3.49. The van der Waals surface area contributed by atoms with Gasteiger partial charge in [-0.3, -0.25) is 0 Å². The van der Waals surface area contributed by atoms with Crippen molar-refractivity contribution in [2.45, 2.75) is 0 Å². The molecule has 1 rings (SSSR count). The van der Waals surface area contributed by atoms with Gasteiger partial charge in [0.15, 0.2) is 0 Å². The first-order valence-corrected chi connectivity index (χ1v) is 5.11. The third kappa shape index (κ3) is 1.94. The highest BCUT2D eigenvalue weighted by atomic mass is 127. The second-order valence-corrected chi connectivity index (χ2v) is 5.26. The zero-order valence-electron chi connectivity index (χ0n) is 4.71. The number of rotatable bonds is 1. The molecular weight excluding hydrogens is 330 g/mol. The molecule has 0 atom stereocenters. The Bertz CT molecular complexity index is 239. The summed E-state index contributed by atoms with van der Waals surface area (Å²) in [6.07, 6.45) is 0. The average molecular weight is 333 g/mol. The maximum Gasteiger partial charge on any atom is 0.500 e. The molecule has 1 heterocycles. The Balaban J connectivity index is 3.03. The Morgan fingerprint density at radius 3 is 2.40 bits per heavy atom. The minimum atomic E-state index is -1.34. The molecule has 0 aliphatic rings. The van der Waals surface area contributed by atoms with Crippen LogP contribution in [-0.4, -0.2) is 17.2 Å². The molecule has 0 amide bonds. The Morgan fingerprint density at radius 2 is 2.20 bits per heavy atom. The van der Waals surface area contributed by atoms with E-state index >= 15 is 0 Å². The normalized spacial score (nSPS) is 10.0. The molecule has 0 unspecified atom stereocenters. The molecule has 0 fully saturated rings. The number of hydrogen-bond acceptors (Lipinski definition) is 3. The summed E-state index contributed by atoms with van der Waals surface area (Å²) in [5.74, 6) is 0. The molecule has 1 aromatic heterocycles. The third-order valence-electron chi connectivity index (χ3n) is 0.918. The Kier molecular flexibility index (Phi) is 3.17. The fraction of sp³-hybridized carbons (Fsp3) is 0. The SMILES string of the molecule is OB(O)c1sc(Br)cc1I. The van der Waals surface area contributed by atoms with Crippen molar-refractivity contribution in [2.24, 2.45) is 0 Å². The summed E-state index contributed by atoms with van der Waals surface area (Å²) in [7, 11) is -1.34. The standard InChI is InChI=1S/C4H3BBrIO2S/c6-3-1-2(7)4(10-3)5(8)9/h1,8-9H. The number of thiophene rings is 1. The summed E-state index contributed by atoms with van der Waals surface area (Å²) in [6.45, 7) is 0. The van der Waals surface area contributed by atoms with Gasteiger partial charge in [-0.05, 0) is 44.6 Å². The van der Waals surface area contributed by atoms with Gasteiger partial charge in [-0.15, -0.1) is 11.3 Å². The zero-order chi connectivity index (χ0) is 7.72. The van der Waals surface area contributed by atoms with Crippen LogP contribution in [0.4, 0.5) is 0 Å². The van der Waals surface area contributed by atoms with Gasteiger partial charge in [0.25, 0.3) is 0 Å². The Labute approximate surface area is 84.7 Å². The topological polar surface area (TPSA) is 40.5 Å². The van der Waals surface area contributed by atoms with Gasteiger partial charge in [0.2, 0.25) is 0 Å². The van der Waals surface area contributed by atoms with Crippen molar-refractivity contribution in [3.05, 3.63) is 13.4 Å². The highest BCUT2D eigenvalue weighted by molar-refractivity contribution is 14.1. The smallest absolute Gasteiger partial charge is 0.423 e. The summed E-state index contributed by atoms with van der Waals surface area (Å²) in [6, 6.07) is 1.85. The fourth-order valence-electron chi connectivity index (χ4n) is 0.530. The van der Waals surface area contributed by atoms with Crippen LogP contribution in [0.1, 0.15) is 0 Å². The van der Waals surface area contributed by atoms with Crippen LogP contribution < -0.4 is 4.78 Å². The van der Waals surface area contributed by atoms with Crippen LogP contribution in [0.15, 0.2) is 9.85 Å². The monoisotopic (exact) mass is 332 g/mol. The van der Waals surface area contributed by atoms with Crippen molar-refractivity contribution in [3.8, 4) is 0 Å². The number of halogens is 2. The van der Waals surface area contributed by atoms with Crippen molar-refractivity contribution in [1.82, 2.24) is 0 Å². The van der Waals surface area contributed by atoms with Crippen LogP contribution in [0.25, 0.3) is 0 Å². The molecule has 2 nitrogen and oxygen atoms in total. The van der Waals surface area contributed by atoms with Gasteiger partial charge in [0, 0.05) is 8.35 Å². The van der Waals surface area contributed by atoms with E-state index in [2.05, 4.69) is 38.5 Å². The van der Waals surface area contributed by atoms with E-state index in [1.807, 2.05) is 6.07 Å². The molecule has 6 heteroatoms. The van der Waals surface area contributed by atoms with Gasteiger partial charge < -0.3 is 10.0 Å². The van der Waals surface area contributed by atoms with Crippen molar-refractivity contribution in [1.29, 1.82) is 0 Å². The van der Waals surface area contributed by atoms with E-state index in [1.165, 1.54) is 11.3 Å². The highest BCUT2D eigenvalue weighted by Gasteiger charge is 2.17.